The zero-order valence-electron chi connectivity index (χ0n) is 15.2. The molecule has 2 saturated heterocycles. The Morgan fingerprint density at radius 2 is 1.96 bits per heavy atom. The highest BCUT2D eigenvalue weighted by Crippen LogP contribution is 2.39. The molecule has 2 N–H and O–H groups in total. The van der Waals surface area contributed by atoms with Crippen LogP contribution >= 0.6 is 0 Å². The van der Waals surface area contributed by atoms with E-state index in [0.717, 1.165) is 23.5 Å². The third kappa shape index (κ3) is 2.89. The second-order valence-corrected chi connectivity index (χ2v) is 7.27. The molecule has 0 bridgehead atoms. The van der Waals surface area contributed by atoms with Crippen LogP contribution in [0.2, 0.25) is 0 Å². The number of hydrogen-bond acceptors (Lipinski definition) is 7. The lowest BCUT2D eigenvalue weighted by Gasteiger charge is -2.37. The van der Waals surface area contributed by atoms with E-state index in [1.165, 1.54) is 0 Å². The fourth-order valence-electron chi connectivity index (χ4n) is 4.29. The van der Waals surface area contributed by atoms with Gasteiger partial charge in [0, 0.05) is 25.0 Å². The molecule has 5 rings (SSSR count). The van der Waals surface area contributed by atoms with Crippen molar-refractivity contribution in [3.63, 3.8) is 0 Å². The number of carbonyl (C=O) groups excluding carboxylic acids is 1. The maximum absolute atomic E-state index is 12.9. The molecule has 8 nitrogen and oxygen atoms in total. The van der Waals surface area contributed by atoms with Crippen LogP contribution in [0.25, 0.3) is 0 Å². The second kappa shape index (κ2) is 6.61. The molecular formula is C19H23N3O5. The third-order valence-electron chi connectivity index (χ3n) is 5.72. The monoisotopic (exact) mass is 373 g/mol. The van der Waals surface area contributed by atoms with Gasteiger partial charge in [0.1, 0.15) is 19.0 Å². The largest absolute Gasteiger partial charge is 0.491 e. The molecule has 144 valence electrons. The standard InChI is InChI=1S/C19H23N3O5/c1-11-18(25-7-6-24-11)19(23)22-5-4-14-13(9-22)17(21-20-14)12-2-3-15-16(8-12)27-10-26-15/h2-3,8,13-14,17,20-21H,4-7,9-10H2,1H3. The highest BCUT2D eigenvalue weighted by Gasteiger charge is 2.43. The normalized spacial score (nSPS) is 29.2. The molecular weight excluding hydrogens is 350 g/mol. The first kappa shape index (κ1) is 16.7. The highest BCUT2D eigenvalue weighted by atomic mass is 16.7. The van der Waals surface area contributed by atoms with Crippen molar-refractivity contribution in [2.24, 2.45) is 5.92 Å². The lowest BCUT2D eigenvalue weighted by atomic mass is 9.85. The van der Waals surface area contributed by atoms with Crippen LogP contribution in [0.15, 0.2) is 29.7 Å². The van der Waals surface area contributed by atoms with E-state index >= 15 is 0 Å². The van der Waals surface area contributed by atoms with Crippen molar-refractivity contribution in [1.82, 2.24) is 15.8 Å². The van der Waals surface area contributed by atoms with E-state index < -0.39 is 0 Å². The summed E-state index contributed by atoms with van der Waals surface area (Å²) < 4.78 is 22.0. The van der Waals surface area contributed by atoms with Gasteiger partial charge in [-0.15, -0.1) is 0 Å². The summed E-state index contributed by atoms with van der Waals surface area (Å²) in [5, 5.41) is 0. The number of piperidine rings is 1. The Hall–Kier alpha value is -2.45. The van der Waals surface area contributed by atoms with Crippen molar-refractivity contribution in [2.75, 3.05) is 33.1 Å². The van der Waals surface area contributed by atoms with Gasteiger partial charge in [0.15, 0.2) is 11.5 Å². The Labute approximate surface area is 157 Å². The van der Waals surface area contributed by atoms with Gasteiger partial charge in [-0.1, -0.05) is 6.07 Å². The fourth-order valence-corrected chi connectivity index (χ4v) is 4.29. The summed E-state index contributed by atoms with van der Waals surface area (Å²) in [6.45, 7) is 4.31. The number of nitrogens with zero attached hydrogens (tertiary/aromatic N) is 1. The van der Waals surface area contributed by atoms with Gasteiger partial charge in [-0.05, 0) is 31.0 Å². The predicted molar refractivity (Wildman–Crippen MR) is 94.7 cm³/mol. The van der Waals surface area contributed by atoms with Crippen LogP contribution in [-0.2, 0) is 14.3 Å². The van der Waals surface area contributed by atoms with Crippen molar-refractivity contribution in [2.45, 2.75) is 25.4 Å². The van der Waals surface area contributed by atoms with Crippen LogP contribution in [0.5, 0.6) is 11.5 Å². The molecule has 4 aliphatic heterocycles. The van der Waals surface area contributed by atoms with E-state index in [1.54, 1.807) is 6.92 Å². The second-order valence-electron chi connectivity index (χ2n) is 7.27. The molecule has 2 fully saturated rings. The van der Waals surface area contributed by atoms with Crippen LogP contribution in [-0.4, -0.2) is 49.9 Å². The van der Waals surface area contributed by atoms with Gasteiger partial charge in [0.2, 0.25) is 12.6 Å². The van der Waals surface area contributed by atoms with E-state index in [2.05, 4.69) is 16.9 Å². The number of benzene rings is 1. The van der Waals surface area contributed by atoms with E-state index in [1.807, 2.05) is 17.0 Å². The Balaban J connectivity index is 1.35. The topological polar surface area (TPSA) is 81.3 Å². The lowest BCUT2D eigenvalue weighted by Crippen LogP contribution is -2.48. The van der Waals surface area contributed by atoms with Crippen molar-refractivity contribution in [3.05, 3.63) is 35.3 Å². The molecule has 3 unspecified atom stereocenters. The molecule has 27 heavy (non-hydrogen) atoms. The molecule has 3 atom stereocenters. The molecule has 0 aliphatic carbocycles. The summed E-state index contributed by atoms with van der Waals surface area (Å²) in [5.74, 6) is 2.64. The minimum absolute atomic E-state index is 0.0815. The highest BCUT2D eigenvalue weighted by molar-refractivity contribution is 5.92. The number of nitrogens with one attached hydrogen (secondary N) is 2. The molecule has 1 amide bonds. The first-order chi connectivity index (χ1) is 13.2. The van der Waals surface area contributed by atoms with E-state index in [-0.39, 0.29) is 24.7 Å². The summed E-state index contributed by atoms with van der Waals surface area (Å²) in [7, 11) is 0. The van der Waals surface area contributed by atoms with Gasteiger partial charge < -0.3 is 23.8 Å². The minimum atomic E-state index is -0.0815. The molecule has 1 aromatic rings. The molecule has 4 aliphatic rings. The average molecular weight is 373 g/mol. The molecule has 8 heteroatoms. The molecule has 0 aromatic heterocycles. The number of likely N-dealkylation sites (tertiary alicyclic amines) is 1. The van der Waals surface area contributed by atoms with Gasteiger partial charge in [-0.2, -0.15) is 0 Å². The summed E-state index contributed by atoms with van der Waals surface area (Å²) >= 11 is 0. The number of amides is 1. The Morgan fingerprint density at radius 3 is 2.85 bits per heavy atom. The zero-order chi connectivity index (χ0) is 18.4. The zero-order valence-corrected chi connectivity index (χ0v) is 15.2. The Kier molecular flexibility index (Phi) is 4.09. The van der Waals surface area contributed by atoms with Gasteiger partial charge >= 0.3 is 0 Å². The molecule has 0 radical (unpaired) electrons. The summed E-state index contributed by atoms with van der Waals surface area (Å²) in [5.41, 5.74) is 7.92. The number of hydrazine groups is 1. The molecule has 1 aromatic carbocycles. The van der Waals surface area contributed by atoms with E-state index in [9.17, 15) is 4.79 Å². The Morgan fingerprint density at radius 1 is 1.11 bits per heavy atom. The van der Waals surface area contributed by atoms with Crippen molar-refractivity contribution in [3.8, 4) is 11.5 Å². The van der Waals surface area contributed by atoms with Crippen LogP contribution in [0.4, 0.5) is 0 Å². The number of hydrogen-bond donors (Lipinski definition) is 2. The molecule has 4 heterocycles. The van der Waals surface area contributed by atoms with Crippen molar-refractivity contribution < 1.29 is 23.7 Å². The predicted octanol–water partition coefficient (Wildman–Crippen LogP) is 1.06. The number of allylic oxidation sites excluding steroid dienone is 1. The Bertz CT molecular complexity index is 796. The molecule has 0 saturated carbocycles. The van der Waals surface area contributed by atoms with Crippen molar-refractivity contribution >= 4 is 5.91 Å². The van der Waals surface area contributed by atoms with Crippen LogP contribution in [0.1, 0.15) is 24.9 Å². The smallest absolute Gasteiger partial charge is 0.292 e. The maximum Gasteiger partial charge on any atom is 0.292 e. The SMILES string of the molecule is CC1=C(C(=O)N2CCC3NNC(c4ccc5c(c4)OCO5)C3C2)OCCO1. The van der Waals surface area contributed by atoms with E-state index in [4.69, 9.17) is 18.9 Å². The number of carbonyl (C=O) groups is 1. The average Bonchev–Trinajstić information content (AvgIpc) is 3.33. The van der Waals surface area contributed by atoms with Crippen molar-refractivity contribution in [1.29, 1.82) is 0 Å². The van der Waals surface area contributed by atoms with Crippen LogP contribution < -0.4 is 20.3 Å². The number of ether oxygens (including phenoxy) is 4. The number of rotatable bonds is 2. The number of fused-ring (bicyclic) bond motifs is 2. The fraction of sp³-hybridized carbons (Fsp3) is 0.526. The lowest BCUT2D eigenvalue weighted by molar-refractivity contribution is -0.134. The van der Waals surface area contributed by atoms with Crippen LogP contribution in [0.3, 0.4) is 0 Å². The van der Waals surface area contributed by atoms with Gasteiger partial charge in [-0.25, -0.2) is 5.43 Å². The van der Waals surface area contributed by atoms with Crippen LogP contribution in [0, 0.1) is 5.92 Å². The third-order valence-corrected chi connectivity index (χ3v) is 5.72. The molecule has 0 spiro atoms. The van der Waals surface area contributed by atoms with E-state index in [0.29, 0.717) is 43.9 Å². The quantitative estimate of drug-likeness (QED) is 0.802. The first-order valence-electron chi connectivity index (χ1n) is 9.37. The summed E-state index contributed by atoms with van der Waals surface area (Å²) in [4.78, 5) is 14.8. The van der Waals surface area contributed by atoms with Gasteiger partial charge in [0.25, 0.3) is 5.91 Å². The summed E-state index contributed by atoms with van der Waals surface area (Å²) in [6.07, 6.45) is 0.887. The minimum Gasteiger partial charge on any atom is -0.491 e. The van der Waals surface area contributed by atoms with Gasteiger partial charge in [0.05, 0.1) is 6.04 Å². The summed E-state index contributed by atoms with van der Waals surface area (Å²) in [6, 6.07) is 6.44. The van der Waals surface area contributed by atoms with Gasteiger partial charge in [-0.3, -0.25) is 10.2 Å². The first-order valence-corrected chi connectivity index (χ1v) is 9.37. The maximum atomic E-state index is 12.9.